The highest BCUT2D eigenvalue weighted by Gasteiger charge is 2.23. The number of hydrogen-bond donors (Lipinski definition) is 2. The van der Waals surface area contributed by atoms with Gasteiger partial charge in [0.2, 0.25) is 0 Å². The second-order valence-electron chi connectivity index (χ2n) is 5.43. The molecule has 138 valence electrons. The molecule has 0 fully saturated rings. The number of aryl methyl sites for hydroxylation is 1. The van der Waals surface area contributed by atoms with Crippen LogP contribution in [0.2, 0.25) is 0 Å². The molecule has 2 aromatic rings. The van der Waals surface area contributed by atoms with Crippen LogP contribution >= 0.6 is 0 Å². The third-order valence-electron chi connectivity index (χ3n) is 3.61. The van der Waals surface area contributed by atoms with Gasteiger partial charge in [0.25, 0.3) is 11.8 Å². The van der Waals surface area contributed by atoms with Gasteiger partial charge in [-0.05, 0) is 42.4 Å². The number of benzene rings is 2. The highest BCUT2D eigenvalue weighted by molar-refractivity contribution is 7.92. The SMILES string of the molecule is COc1ccc(C(=O)Nc2cccc(C)c2[S+]([O-])CC(N)=O)cc1OC. The van der Waals surface area contributed by atoms with Crippen LogP contribution in [0, 0.1) is 6.92 Å². The third-order valence-corrected chi connectivity index (χ3v) is 5.15. The molecule has 0 heterocycles. The van der Waals surface area contributed by atoms with Crippen LogP contribution in [-0.4, -0.2) is 36.3 Å². The first-order valence-electron chi connectivity index (χ1n) is 7.67. The predicted molar refractivity (Wildman–Crippen MR) is 99.1 cm³/mol. The van der Waals surface area contributed by atoms with Gasteiger partial charge in [-0.3, -0.25) is 9.59 Å². The normalized spacial score (nSPS) is 11.5. The van der Waals surface area contributed by atoms with Gasteiger partial charge in [0, 0.05) is 11.1 Å². The maximum Gasteiger partial charge on any atom is 0.267 e. The van der Waals surface area contributed by atoms with Gasteiger partial charge in [-0.15, -0.1) is 0 Å². The van der Waals surface area contributed by atoms with Crippen molar-refractivity contribution in [2.45, 2.75) is 11.8 Å². The number of anilines is 1. The Kier molecular flexibility index (Phi) is 6.48. The van der Waals surface area contributed by atoms with Crippen LogP contribution in [0.15, 0.2) is 41.3 Å². The molecule has 0 radical (unpaired) electrons. The average Bonchev–Trinajstić information content (AvgIpc) is 2.60. The van der Waals surface area contributed by atoms with Gasteiger partial charge in [0.1, 0.15) is 0 Å². The van der Waals surface area contributed by atoms with Crippen molar-refractivity contribution in [3.05, 3.63) is 47.5 Å². The summed E-state index contributed by atoms with van der Waals surface area (Å²) in [5.74, 6) is -0.480. The van der Waals surface area contributed by atoms with Gasteiger partial charge in [-0.1, -0.05) is 12.1 Å². The second kappa shape index (κ2) is 8.59. The Morgan fingerprint density at radius 2 is 1.85 bits per heavy atom. The summed E-state index contributed by atoms with van der Waals surface area (Å²) >= 11 is -1.65. The summed E-state index contributed by atoms with van der Waals surface area (Å²) in [5, 5.41) is 2.73. The van der Waals surface area contributed by atoms with E-state index < -0.39 is 23.0 Å². The lowest BCUT2D eigenvalue weighted by Crippen LogP contribution is -2.25. The zero-order chi connectivity index (χ0) is 19.3. The minimum absolute atomic E-state index is 0.315. The summed E-state index contributed by atoms with van der Waals surface area (Å²) < 4.78 is 22.8. The number of nitrogens with two attached hydrogens (primary N) is 1. The van der Waals surface area contributed by atoms with E-state index in [0.717, 1.165) is 0 Å². The number of ether oxygens (including phenoxy) is 2. The zero-order valence-corrected chi connectivity index (χ0v) is 15.5. The molecule has 0 spiro atoms. The Labute approximate surface area is 154 Å². The summed E-state index contributed by atoms with van der Waals surface area (Å²) in [6.45, 7) is 1.75. The molecule has 2 aromatic carbocycles. The first-order valence-corrected chi connectivity index (χ1v) is 8.99. The first-order chi connectivity index (χ1) is 12.4. The van der Waals surface area contributed by atoms with Crippen molar-refractivity contribution in [3.63, 3.8) is 0 Å². The Hall–Kier alpha value is -2.71. The molecule has 7 nitrogen and oxygen atoms in total. The fourth-order valence-corrected chi connectivity index (χ4v) is 3.62. The largest absolute Gasteiger partial charge is 0.611 e. The van der Waals surface area contributed by atoms with Crippen LogP contribution in [-0.2, 0) is 16.0 Å². The first kappa shape index (κ1) is 19.6. The molecule has 0 saturated heterocycles. The summed E-state index contributed by atoms with van der Waals surface area (Å²) in [4.78, 5) is 24.1. The number of methoxy groups -OCH3 is 2. The van der Waals surface area contributed by atoms with E-state index in [0.29, 0.717) is 33.2 Å². The second-order valence-corrected chi connectivity index (χ2v) is 6.82. The number of carbonyl (C=O) groups is 2. The van der Waals surface area contributed by atoms with Crippen molar-refractivity contribution in [1.82, 2.24) is 0 Å². The minimum atomic E-state index is -1.65. The van der Waals surface area contributed by atoms with E-state index in [1.54, 1.807) is 43.3 Å². The summed E-state index contributed by atoms with van der Waals surface area (Å²) in [6, 6.07) is 9.86. The third kappa shape index (κ3) is 4.47. The number of rotatable bonds is 7. The molecule has 1 unspecified atom stereocenters. The smallest absolute Gasteiger partial charge is 0.267 e. The lowest BCUT2D eigenvalue weighted by atomic mass is 10.1. The maximum absolute atomic E-state index is 12.6. The van der Waals surface area contributed by atoms with Crippen LogP contribution in [0.5, 0.6) is 11.5 Å². The van der Waals surface area contributed by atoms with Crippen LogP contribution in [0.1, 0.15) is 15.9 Å². The molecule has 2 rings (SSSR count). The average molecular weight is 376 g/mol. The van der Waals surface area contributed by atoms with Crippen LogP contribution in [0.4, 0.5) is 5.69 Å². The molecule has 2 amide bonds. The molecular formula is C18H20N2O5S. The van der Waals surface area contributed by atoms with E-state index in [9.17, 15) is 14.1 Å². The molecular weight excluding hydrogens is 356 g/mol. The molecule has 0 saturated carbocycles. The van der Waals surface area contributed by atoms with Gasteiger partial charge >= 0.3 is 0 Å². The van der Waals surface area contributed by atoms with Crippen molar-refractivity contribution in [3.8, 4) is 11.5 Å². The van der Waals surface area contributed by atoms with E-state index in [1.807, 2.05) is 0 Å². The van der Waals surface area contributed by atoms with Crippen LogP contribution in [0.25, 0.3) is 0 Å². The van der Waals surface area contributed by atoms with Gasteiger partial charge in [-0.2, -0.15) is 0 Å². The minimum Gasteiger partial charge on any atom is -0.611 e. The topological polar surface area (TPSA) is 114 Å². The fraction of sp³-hybridized carbons (Fsp3) is 0.222. The Balaban J connectivity index is 2.32. The predicted octanol–water partition coefficient (Wildman–Crippen LogP) is 1.86. The molecule has 0 aliphatic heterocycles. The van der Waals surface area contributed by atoms with Crippen LogP contribution in [0.3, 0.4) is 0 Å². The van der Waals surface area contributed by atoms with Crippen LogP contribution < -0.4 is 20.5 Å². The van der Waals surface area contributed by atoms with Gasteiger partial charge < -0.3 is 25.1 Å². The zero-order valence-electron chi connectivity index (χ0n) is 14.7. The van der Waals surface area contributed by atoms with Gasteiger partial charge in [0.15, 0.2) is 22.1 Å². The molecule has 0 aromatic heterocycles. The van der Waals surface area contributed by atoms with Crippen molar-refractivity contribution < 1.29 is 23.6 Å². The van der Waals surface area contributed by atoms with E-state index >= 15 is 0 Å². The van der Waals surface area contributed by atoms with E-state index in [1.165, 1.54) is 14.2 Å². The molecule has 8 heteroatoms. The monoisotopic (exact) mass is 376 g/mol. The molecule has 0 bridgehead atoms. The molecule has 3 N–H and O–H groups in total. The number of primary amides is 1. The highest BCUT2D eigenvalue weighted by Crippen LogP contribution is 2.29. The molecule has 0 aliphatic carbocycles. The number of carbonyl (C=O) groups excluding carboxylic acids is 2. The molecule has 0 aliphatic rings. The Morgan fingerprint density at radius 3 is 2.46 bits per heavy atom. The van der Waals surface area contributed by atoms with Crippen molar-refractivity contribution in [2.24, 2.45) is 5.73 Å². The van der Waals surface area contributed by atoms with E-state index in [2.05, 4.69) is 5.32 Å². The quantitative estimate of drug-likeness (QED) is 0.716. The Morgan fingerprint density at radius 1 is 1.15 bits per heavy atom. The number of nitrogens with one attached hydrogen (secondary N) is 1. The summed E-state index contributed by atoms with van der Waals surface area (Å²) in [5.41, 5.74) is 6.54. The van der Waals surface area contributed by atoms with Gasteiger partial charge in [0.05, 0.1) is 19.9 Å². The molecule has 26 heavy (non-hydrogen) atoms. The number of hydrogen-bond acceptors (Lipinski definition) is 5. The fourth-order valence-electron chi connectivity index (χ4n) is 2.43. The van der Waals surface area contributed by atoms with Crippen molar-refractivity contribution in [1.29, 1.82) is 0 Å². The Bertz CT molecular complexity index is 825. The van der Waals surface area contributed by atoms with E-state index in [4.69, 9.17) is 15.2 Å². The van der Waals surface area contributed by atoms with Gasteiger partial charge in [-0.25, -0.2) is 0 Å². The lowest BCUT2D eigenvalue weighted by molar-refractivity contribution is -0.115. The molecule has 1 atom stereocenters. The highest BCUT2D eigenvalue weighted by atomic mass is 32.2. The standard InChI is InChI=1S/C18H20N2O5S/c1-11-5-4-6-13(17(11)26(23)10-16(19)21)20-18(22)12-7-8-14(24-2)15(9-12)25-3/h4-9H,10H2,1-3H3,(H2,19,21)(H,20,22). The van der Waals surface area contributed by atoms with Crippen molar-refractivity contribution in [2.75, 3.05) is 25.3 Å². The summed E-state index contributed by atoms with van der Waals surface area (Å²) in [7, 11) is 2.98. The van der Waals surface area contributed by atoms with Crippen molar-refractivity contribution >= 4 is 28.7 Å². The van der Waals surface area contributed by atoms with E-state index in [-0.39, 0.29) is 5.75 Å². The number of amides is 2. The maximum atomic E-state index is 12.6. The summed E-state index contributed by atoms with van der Waals surface area (Å²) in [6.07, 6.45) is 0. The lowest BCUT2D eigenvalue weighted by Gasteiger charge is -2.16.